The number of nitrogens with zero attached hydrogens (tertiary/aromatic N) is 2. The first kappa shape index (κ1) is 14.3. The second-order valence-electron chi connectivity index (χ2n) is 5.01. The molecule has 2 unspecified atom stereocenters. The van der Waals surface area contributed by atoms with Crippen LogP contribution in [0.5, 0.6) is 5.75 Å². The highest BCUT2D eigenvalue weighted by molar-refractivity contribution is 5.28. The summed E-state index contributed by atoms with van der Waals surface area (Å²) >= 11 is 0. The van der Waals surface area contributed by atoms with E-state index in [1.807, 2.05) is 11.7 Å². The fourth-order valence-electron chi connectivity index (χ4n) is 2.67. The lowest BCUT2D eigenvalue weighted by Crippen LogP contribution is -2.31. The minimum absolute atomic E-state index is 0.0352. The fourth-order valence-corrected chi connectivity index (χ4v) is 2.67. The van der Waals surface area contributed by atoms with Crippen LogP contribution in [0.2, 0.25) is 0 Å². The zero-order chi connectivity index (χ0) is 13.7. The Labute approximate surface area is 114 Å². The molecule has 2 atom stereocenters. The Morgan fingerprint density at radius 3 is 3.11 bits per heavy atom. The smallest absolute Gasteiger partial charge is 0.161 e. The van der Waals surface area contributed by atoms with Crippen LogP contribution >= 0.6 is 0 Å². The number of ether oxygens (including phenoxy) is 2. The van der Waals surface area contributed by atoms with Crippen molar-refractivity contribution < 1.29 is 9.47 Å². The van der Waals surface area contributed by atoms with Crippen molar-refractivity contribution in [3.8, 4) is 5.75 Å². The molecule has 1 aliphatic heterocycles. The van der Waals surface area contributed by atoms with Gasteiger partial charge in [-0.25, -0.2) is 0 Å². The molecule has 0 bridgehead atoms. The molecule has 1 aromatic heterocycles. The van der Waals surface area contributed by atoms with Crippen molar-refractivity contribution >= 4 is 0 Å². The first-order valence-electron chi connectivity index (χ1n) is 6.90. The number of nitrogens with one attached hydrogen (secondary N) is 1. The van der Waals surface area contributed by atoms with E-state index in [4.69, 9.17) is 15.3 Å². The molecule has 0 aromatic carbocycles. The SMILES string of the molecule is COc1cnn(C)c1C(CCC1CCCCO1)NN. The molecule has 1 aliphatic rings. The van der Waals surface area contributed by atoms with E-state index in [9.17, 15) is 0 Å². The lowest BCUT2D eigenvalue weighted by Gasteiger charge is -2.25. The van der Waals surface area contributed by atoms with Crippen LogP contribution in [0.4, 0.5) is 0 Å². The van der Waals surface area contributed by atoms with E-state index in [2.05, 4.69) is 10.5 Å². The standard InChI is InChI=1S/C13H24N4O2/c1-17-13(12(18-2)9-15-17)11(16-14)7-6-10-5-3-4-8-19-10/h9-11,16H,3-8,14H2,1-2H3. The summed E-state index contributed by atoms with van der Waals surface area (Å²) in [6.07, 6.45) is 7.60. The zero-order valence-corrected chi connectivity index (χ0v) is 11.8. The minimum atomic E-state index is 0.0352. The number of nitrogens with two attached hydrogens (primary N) is 1. The third-order valence-electron chi connectivity index (χ3n) is 3.75. The number of rotatable bonds is 6. The Kier molecular flexibility index (Phi) is 5.18. The minimum Gasteiger partial charge on any atom is -0.493 e. The molecule has 3 N–H and O–H groups in total. The molecule has 2 heterocycles. The van der Waals surface area contributed by atoms with E-state index in [1.165, 1.54) is 12.8 Å². The van der Waals surface area contributed by atoms with Crippen molar-refractivity contribution in [1.29, 1.82) is 0 Å². The van der Waals surface area contributed by atoms with E-state index in [-0.39, 0.29) is 6.04 Å². The van der Waals surface area contributed by atoms with Gasteiger partial charge in [0.25, 0.3) is 0 Å². The molecule has 0 radical (unpaired) electrons. The number of aryl methyl sites for hydroxylation is 1. The molecule has 0 spiro atoms. The van der Waals surface area contributed by atoms with Gasteiger partial charge in [-0.3, -0.25) is 16.0 Å². The second kappa shape index (κ2) is 6.88. The predicted octanol–water partition coefficient (Wildman–Crippen LogP) is 1.28. The summed E-state index contributed by atoms with van der Waals surface area (Å²) in [5.74, 6) is 6.46. The monoisotopic (exact) mass is 268 g/mol. The molecule has 2 rings (SSSR count). The highest BCUT2D eigenvalue weighted by Crippen LogP contribution is 2.28. The summed E-state index contributed by atoms with van der Waals surface area (Å²) < 4.78 is 12.9. The molecule has 1 aromatic rings. The molecule has 6 nitrogen and oxygen atoms in total. The summed E-state index contributed by atoms with van der Waals surface area (Å²) in [6, 6.07) is 0.0352. The van der Waals surface area contributed by atoms with Crippen LogP contribution < -0.4 is 16.0 Å². The summed E-state index contributed by atoms with van der Waals surface area (Å²) in [5.41, 5.74) is 3.85. The lowest BCUT2D eigenvalue weighted by molar-refractivity contribution is 0.00838. The second-order valence-corrected chi connectivity index (χ2v) is 5.01. The molecule has 0 saturated carbocycles. The van der Waals surface area contributed by atoms with E-state index in [1.54, 1.807) is 13.3 Å². The Balaban J connectivity index is 1.97. The first-order chi connectivity index (χ1) is 9.26. The third-order valence-corrected chi connectivity index (χ3v) is 3.75. The topological polar surface area (TPSA) is 74.3 Å². The highest BCUT2D eigenvalue weighted by Gasteiger charge is 2.22. The van der Waals surface area contributed by atoms with Crippen LogP contribution in [-0.4, -0.2) is 29.6 Å². The van der Waals surface area contributed by atoms with Gasteiger partial charge in [-0.05, 0) is 32.1 Å². The van der Waals surface area contributed by atoms with Gasteiger partial charge in [-0.15, -0.1) is 0 Å². The zero-order valence-electron chi connectivity index (χ0n) is 11.8. The lowest BCUT2D eigenvalue weighted by atomic mass is 10.00. The van der Waals surface area contributed by atoms with Gasteiger partial charge in [0, 0.05) is 13.7 Å². The largest absolute Gasteiger partial charge is 0.493 e. The Bertz CT molecular complexity index is 388. The Morgan fingerprint density at radius 2 is 2.47 bits per heavy atom. The maximum Gasteiger partial charge on any atom is 0.161 e. The Morgan fingerprint density at radius 1 is 1.63 bits per heavy atom. The Hall–Kier alpha value is -1.11. The van der Waals surface area contributed by atoms with Crippen LogP contribution in [0.15, 0.2) is 6.20 Å². The molecule has 0 amide bonds. The molecule has 6 heteroatoms. The number of aromatic nitrogens is 2. The van der Waals surface area contributed by atoms with E-state index < -0.39 is 0 Å². The van der Waals surface area contributed by atoms with Crippen LogP contribution in [0, 0.1) is 0 Å². The van der Waals surface area contributed by atoms with Crippen LogP contribution in [0.3, 0.4) is 0 Å². The van der Waals surface area contributed by atoms with E-state index >= 15 is 0 Å². The predicted molar refractivity (Wildman–Crippen MR) is 72.6 cm³/mol. The molecular formula is C13H24N4O2. The number of hydrogen-bond donors (Lipinski definition) is 2. The maximum atomic E-state index is 5.75. The summed E-state index contributed by atoms with van der Waals surface area (Å²) in [7, 11) is 3.55. The van der Waals surface area contributed by atoms with Gasteiger partial charge in [0.1, 0.15) is 0 Å². The molecular weight excluding hydrogens is 244 g/mol. The van der Waals surface area contributed by atoms with E-state index in [0.717, 1.165) is 37.3 Å². The average Bonchev–Trinajstić information content (AvgIpc) is 2.82. The first-order valence-corrected chi connectivity index (χ1v) is 6.90. The van der Waals surface area contributed by atoms with Crippen molar-refractivity contribution in [2.24, 2.45) is 12.9 Å². The third kappa shape index (κ3) is 3.46. The van der Waals surface area contributed by atoms with Gasteiger partial charge in [0.15, 0.2) is 5.75 Å². The molecule has 1 fully saturated rings. The quantitative estimate of drug-likeness (QED) is 0.600. The van der Waals surface area contributed by atoms with Gasteiger partial charge in [-0.2, -0.15) is 5.10 Å². The maximum absolute atomic E-state index is 5.75. The van der Waals surface area contributed by atoms with Crippen LogP contribution in [-0.2, 0) is 11.8 Å². The molecule has 1 saturated heterocycles. The molecule has 19 heavy (non-hydrogen) atoms. The summed E-state index contributed by atoms with van der Waals surface area (Å²) in [5, 5.41) is 4.22. The van der Waals surface area contributed by atoms with Gasteiger partial charge >= 0.3 is 0 Å². The van der Waals surface area contributed by atoms with Crippen LogP contribution in [0.1, 0.15) is 43.8 Å². The number of hydrogen-bond acceptors (Lipinski definition) is 5. The average molecular weight is 268 g/mol. The van der Waals surface area contributed by atoms with E-state index in [0.29, 0.717) is 6.10 Å². The van der Waals surface area contributed by atoms with Crippen molar-refractivity contribution in [2.45, 2.75) is 44.2 Å². The van der Waals surface area contributed by atoms with Crippen LogP contribution in [0.25, 0.3) is 0 Å². The highest BCUT2D eigenvalue weighted by atomic mass is 16.5. The molecule has 0 aliphatic carbocycles. The van der Waals surface area contributed by atoms with Crippen molar-refractivity contribution in [3.05, 3.63) is 11.9 Å². The summed E-state index contributed by atoms with van der Waals surface area (Å²) in [6.45, 7) is 0.889. The number of methoxy groups -OCH3 is 1. The van der Waals surface area contributed by atoms with Crippen molar-refractivity contribution in [3.63, 3.8) is 0 Å². The van der Waals surface area contributed by atoms with Gasteiger partial charge in [0.05, 0.1) is 31.1 Å². The fraction of sp³-hybridized carbons (Fsp3) is 0.769. The normalized spacial score (nSPS) is 21.3. The molecule has 108 valence electrons. The van der Waals surface area contributed by atoms with Gasteiger partial charge in [0.2, 0.25) is 0 Å². The van der Waals surface area contributed by atoms with Gasteiger partial charge in [-0.1, -0.05) is 0 Å². The number of hydrazine groups is 1. The summed E-state index contributed by atoms with van der Waals surface area (Å²) in [4.78, 5) is 0. The van der Waals surface area contributed by atoms with Crippen molar-refractivity contribution in [1.82, 2.24) is 15.2 Å². The van der Waals surface area contributed by atoms with Crippen molar-refractivity contribution in [2.75, 3.05) is 13.7 Å². The van der Waals surface area contributed by atoms with Gasteiger partial charge < -0.3 is 9.47 Å².